The summed E-state index contributed by atoms with van der Waals surface area (Å²) in [5.74, 6) is 0.967. The molecule has 0 aromatic heterocycles. The minimum absolute atomic E-state index is 0.436. The minimum atomic E-state index is 0.436. The molecule has 1 heterocycles. The molecule has 0 bridgehead atoms. The Kier molecular flexibility index (Phi) is 6.65. The van der Waals surface area contributed by atoms with Crippen LogP contribution in [-0.4, -0.2) is 37.1 Å². The molecule has 0 aliphatic carbocycles. The maximum absolute atomic E-state index is 3.62. The van der Waals surface area contributed by atoms with Gasteiger partial charge in [-0.25, -0.2) is 0 Å². The molecule has 2 atom stereocenters. The zero-order chi connectivity index (χ0) is 13.6. The molecule has 0 radical (unpaired) electrons. The second-order valence-electron chi connectivity index (χ2n) is 6.88. The average Bonchev–Trinajstić information content (AvgIpc) is 2.74. The van der Waals surface area contributed by atoms with Crippen LogP contribution in [0.3, 0.4) is 0 Å². The van der Waals surface area contributed by atoms with Crippen molar-refractivity contribution in [1.82, 2.24) is 10.2 Å². The first-order valence-corrected chi connectivity index (χ1v) is 7.95. The fraction of sp³-hybridized carbons (Fsp3) is 1.00. The lowest BCUT2D eigenvalue weighted by Crippen LogP contribution is -2.43. The van der Waals surface area contributed by atoms with Gasteiger partial charge in [0.25, 0.3) is 0 Å². The van der Waals surface area contributed by atoms with Crippen LogP contribution in [0.5, 0.6) is 0 Å². The van der Waals surface area contributed by atoms with Crippen LogP contribution in [0.15, 0.2) is 0 Å². The van der Waals surface area contributed by atoms with E-state index in [1.165, 1.54) is 45.3 Å². The van der Waals surface area contributed by atoms with Crippen LogP contribution in [0.2, 0.25) is 0 Å². The fourth-order valence-corrected chi connectivity index (χ4v) is 2.98. The van der Waals surface area contributed by atoms with Crippen molar-refractivity contribution >= 4 is 0 Å². The lowest BCUT2D eigenvalue weighted by Gasteiger charge is -2.34. The minimum Gasteiger partial charge on any atom is -0.314 e. The van der Waals surface area contributed by atoms with E-state index < -0.39 is 0 Å². The molecule has 1 aliphatic rings. The maximum atomic E-state index is 3.62. The Hall–Kier alpha value is -0.0800. The Labute approximate surface area is 115 Å². The summed E-state index contributed by atoms with van der Waals surface area (Å²) in [6.45, 7) is 16.6. The van der Waals surface area contributed by atoms with E-state index in [9.17, 15) is 0 Å². The van der Waals surface area contributed by atoms with Gasteiger partial charge in [-0.2, -0.15) is 0 Å². The molecule has 1 saturated heterocycles. The summed E-state index contributed by atoms with van der Waals surface area (Å²) < 4.78 is 0. The van der Waals surface area contributed by atoms with Crippen molar-refractivity contribution in [2.24, 2.45) is 11.3 Å². The number of nitrogens with one attached hydrogen (secondary N) is 1. The number of nitrogens with zero attached hydrogens (tertiary/aromatic N) is 1. The van der Waals surface area contributed by atoms with Crippen molar-refractivity contribution < 1.29 is 0 Å². The molecule has 108 valence electrons. The van der Waals surface area contributed by atoms with Gasteiger partial charge < -0.3 is 10.2 Å². The summed E-state index contributed by atoms with van der Waals surface area (Å²) in [5.41, 5.74) is 0.436. The highest BCUT2D eigenvalue weighted by Crippen LogP contribution is 2.27. The van der Waals surface area contributed by atoms with Gasteiger partial charge in [-0.15, -0.1) is 0 Å². The molecular weight excluding hydrogens is 220 g/mol. The quantitative estimate of drug-likeness (QED) is 0.713. The highest BCUT2D eigenvalue weighted by atomic mass is 15.2. The Balaban J connectivity index is 2.38. The molecule has 18 heavy (non-hydrogen) atoms. The molecule has 1 rings (SSSR count). The predicted octanol–water partition coefficient (Wildman–Crippen LogP) is 3.52. The van der Waals surface area contributed by atoms with Gasteiger partial charge in [0.15, 0.2) is 0 Å². The van der Waals surface area contributed by atoms with Gasteiger partial charge in [0.1, 0.15) is 0 Å². The highest BCUT2D eigenvalue weighted by molar-refractivity contribution is 4.84. The Morgan fingerprint density at radius 2 is 2.06 bits per heavy atom. The van der Waals surface area contributed by atoms with Crippen LogP contribution in [-0.2, 0) is 0 Å². The number of rotatable bonds is 8. The number of hydrogen-bond donors (Lipinski definition) is 1. The largest absolute Gasteiger partial charge is 0.314 e. The number of hydrogen-bond acceptors (Lipinski definition) is 2. The average molecular weight is 254 g/mol. The van der Waals surface area contributed by atoms with E-state index in [1.54, 1.807) is 0 Å². The van der Waals surface area contributed by atoms with E-state index in [0.717, 1.165) is 12.5 Å². The second kappa shape index (κ2) is 7.49. The van der Waals surface area contributed by atoms with E-state index >= 15 is 0 Å². The molecule has 2 heteroatoms. The van der Waals surface area contributed by atoms with Crippen LogP contribution in [0.25, 0.3) is 0 Å². The Bertz CT molecular complexity index is 227. The summed E-state index contributed by atoms with van der Waals surface area (Å²) in [6.07, 6.45) is 5.45. The van der Waals surface area contributed by atoms with Crippen LogP contribution >= 0.6 is 0 Å². The van der Waals surface area contributed by atoms with Crippen molar-refractivity contribution in [3.8, 4) is 0 Å². The first kappa shape index (κ1) is 16.0. The zero-order valence-electron chi connectivity index (χ0n) is 13.3. The molecule has 1 N–H and O–H groups in total. The third-order valence-electron chi connectivity index (χ3n) is 4.46. The standard InChI is InChI=1S/C16H34N2/c1-6-8-15-9-10-18(11-15)13-16(5,7-2)12-17-14(3)4/h14-15,17H,6-13H2,1-5H3. The maximum Gasteiger partial charge on any atom is 0.00475 e. The van der Waals surface area contributed by atoms with E-state index in [2.05, 4.69) is 44.8 Å². The topological polar surface area (TPSA) is 15.3 Å². The monoisotopic (exact) mass is 254 g/mol. The van der Waals surface area contributed by atoms with Gasteiger partial charge in [-0.05, 0) is 37.1 Å². The fourth-order valence-electron chi connectivity index (χ4n) is 2.98. The predicted molar refractivity (Wildman–Crippen MR) is 81.0 cm³/mol. The van der Waals surface area contributed by atoms with Crippen molar-refractivity contribution in [3.63, 3.8) is 0 Å². The molecule has 2 nitrogen and oxygen atoms in total. The van der Waals surface area contributed by atoms with Crippen molar-refractivity contribution in [2.75, 3.05) is 26.2 Å². The number of likely N-dealkylation sites (tertiary alicyclic amines) is 1. The molecule has 2 unspecified atom stereocenters. The van der Waals surface area contributed by atoms with Crippen molar-refractivity contribution in [2.45, 2.75) is 66.3 Å². The van der Waals surface area contributed by atoms with Crippen molar-refractivity contribution in [3.05, 3.63) is 0 Å². The summed E-state index contributed by atoms with van der Waals surface area (Å²) in [4.78, 5) is 2.70. The molecule has 0 aromatic carbocycles. The van der Waals surface area contributed by atoms with Gasteiger partial charge in [0.05, 0.1) is 0 Å². The van der Waals surface area contributed by atoms with Gasteiger partial charge in [0, 0.05) is 25.7 Å². The Morgan fingerprint density at radius 1 is 1.33 bits per heavy atom. The first-order valence-electron chi connectivity index (χ1n) is 7.95. The molecular formula is C16H34N2. The molecule has 1 aliphatic heterocycles. The smallest absolute Gasteiger partial charge is 0.00475 e. The van der Waals surface area contributed by atoms with Crippen molar-refractivity contribution in [1.29, 1.82) is 0 Å². The van der Waals surface area contributed by atoms with Gasteiger partial charge in [-0.1, -0.05) is 41.0 Å². The van der Waals surface area contributed by atoms with Crippen LogP contribution < -0.4 is 5.32 Å². The molecule has 0 amide bonds. The van der Waals surface area contributed by atoms with Crippen LogP contribution in [0.1, 0.15) is 60.3 Å². The van der Waals surface area contributed by atoms with E-state index in [-0.39, 0.29) is 0 Å². The molecule has 1 fully saturated rings. The normalized spacial score (nSPS) is 24.7. The second-order valence-corrected chi connectivity index (χ2v) is 6.88. The molecule has 0 spiro atoms. The SMILES string of the molecule is CCCC1CCN(CC(C)(CC)CNC(C)C)C1. The summed E-state index contributed by atoms with van der Waals surface area (Å²) >= 11 is 0. The summed E-state index contributed by atoms with van der Waals surface area (Å²) in [5, 5.41) is 3.62. The summed E-state index contributed by atoms with van der Waals surface area (Å²) in [6, 6.07) is 0.599. The lowest BCUT2D eigenvalue weighted by molar-refractivity contribution is 0.172. The first-order chi connectivity index (χ1) is 8.49. The highest BCUT2D eigenvalue weighted by Gasteiger charge is 2.29. The van der Waals surface area contributed by atoms with E-state index in [4.69, 9.17) is 0 Å². The van der Waals surface area contributed by atoms with E-state index in [1.807, 2.05) is 0 Å². The van der Waals surface area contributed by atoms with Crippen LogP contribution in [0.4, 0.5) is 0 Å². The van der Waals surface area contributed by atoms with Gasteiger partial charge >= 0.3 is 0 Å². The van der Waals surface area contributed by atoms with Gasteiger partial charge in [-0.3, -0.25) is 0 Å². The summed E-state index contributed by atoms with van der Waals surface area (Å²) in [7, 11) is 0. The lowest BCUT2D eigenvalue weighted by atomic mass is 9.86. The zero-order valence-corrected chi connectivity index (χ0v) is 13.3. The third-order valence-corrected chi connectivity index (χ3v) is 4.46. The van der Waals surface area contributed by atoms with E-state index in [0.29, 0.717) is 11.5 Å². The third kappa shape index (κ3) is 5.27. The molecule has 0 saturated carbocycles. The van der Waals surface area contributed by atoms with Crippen LogP contribution in [0, 0.1) is 11.3 Å². The molecule has 0 aromatic rings. The Morgan fingerprint density at radius 3 is 2.61 bits per heavy atom. The van der Waals surface area contributed by atoms with Gasteiger partial charge in [0.2, 0.25) is 0 Å².